The van der Waals surface area contributed by atoms with Crippen LogP contribution < -0.4 is 0 Å². The summed E-state index contributed by atoms with van der Waals surface area (Å²) in [6.07, 6.45) is 2.88. The Hall–Kier alpha value is -1.19. The van der Waals surface area contributed by atoms with Crippen LogP contribution in [0.5, 0.6) is 0 Å². The lowest BCUT2D eigenvalue weighted by Gasteiger charge is -2.30. The fourth-order valence-electron chi connectivity index (χ4n) is 2.27. The third kappa shape index (κ3) is 4.51. The number of hydrogen-bond acceptors (Lipinski definition) is 6. The first-order chi connectivity index (χ1) is 12.1. The van der Waals surface area contributed by atoms with Crippen molar-refractivity contribution in [3.8, 4) is 0 Å². The van der Waals surface area contributed by atoms with Gasteiger partial charge in [-0.2, -0.15) is 5.10 Å². The molecule has 0 spiro atoms. The van der Waals surface area contributed by atoms with Gasteiger partial charge in [-0.25, -0.2) is 9.67 Å². The number of morpholine rings is 1. The molecule has 2 aromatic rings. The minimum absolute atomic E-state index is 0.176. The number of Topliss-reactive ketones (excluding diaryl/α,β-unsaturated/α-hetero) is 1. The van der Waals surface area contributed by atoms with Gasteiger partial charge < -0.3 is 9.64 Å². The van der Waals surface area contributed by atoms with E-state index in [2.05, 4.69) is 10.1 Å². The standard InChI is InChI=1S/C15H14Cl2N4O2S2/c16-11-2-1-10(7-12(11)17)13(22)14(21-9-18-8-19-21)25-15(24)20-3-5-23-6-4-20/h1-2,7-9,14H,3-6H2. The van der Waals surface area contributed by atoms with Crippen LogP contribution in [0.4, 0.5) is 0 Å². The molecule has 1 saturated heterocycles. The number of ketones is 1. The highest BCUT2D eigenvalue weighted by atomic mass is 35.5. The van der Waals surface area contributed by atoms with Gasteiger partial charge in [-0.05, 0) is 18.2 Å². The highest BCUT2D eigenvalue weighted by Crippen LogP contribution is 2.31. The van der Waals surface area contributed by atoms with Crippen molar-refractivity contribution in [3.05, 3.63) is 46.5 Å². The topological polar surface area (TPSA) is 60.2 Å². The number of thiocarbonyl (C=S) groups is 1. The molecule has 0 radical (unpaired) electrons. The lowest BCUT2D eigenvalue weighted by atomic mass is 10.1. The maximum atomic E-state index is 13.0. The minimum atomic E-state index is -0.671. The Kier molecular flexibility index (Phi) is 6.29. The number of thioether (sulfide) groups is 1. The number of ether oxygens (including phenoxy) is 1. The predicted octanol–water partition coefficient (Wildman–Crippen LogP) is 3.32. The molecular weight excluding hydrogens is 403 g/mol. The Morgan fingerprint density at radius 1 is 1.28 bits per heavy atom. The Bertz CT molecular complexity index is 767. The summed E-state index contributed by atoms with van der Waals surface area (Å²) < 4.78 is 7.45. The lowest BCUT2D eigenvalue weighted by Crippen LogP contribution is -2.39. The maximum absolute atomic E-state index is 13.0. The van der Waals surface area contributed by atoms with Crippen LogP contribution in [-0.2, 0) is 4.74 Å². The molecule has 132 valence electrons. The first-order valence-electron chi connectivity index (χ1n) is 7.43. The summed E-state index contributed by atoms with van der Waals surface area (Å²) in [6, 6.07) is 4.79. The molecule has 1 unspecified atom stereocenters. The summed E-state index contributed by atoms with van der Waals surface area (Å²) in [6.45, 7) is 2.65. The molecule has 3 rings (SSSR count). The largest absolute Gasteiger partial charge is 0.378 e. The predicted molar refractivity (Wildman–Crippen MR) is 102 cm³/mol. The van der Waals surface area contributed by atoms with E-state index in [0.717, 1.165) is 0 Å². The van der Waals surface area contributed by atoms with Crippen LogP contribution in [0.2, 0.25) is 10.0 Å². The molecular formula is C15H14Cl2N4O2S2. The van der Waals surface area contributed by atoms with E-state index in [1.54, 1.807) is 18.2 Å². The van der Waals surface area contributed by atoms with Crippen LogP contribution in [0.15, 0.2) is 30.9 Å². The highest BCUT2D eigenvalue weighted by Gasteiger charge is 2.28. The van der Waals surface area contributed by atoms with E-state index in [1.165, 1.54) is 29.1 Å². The fraction of sp³-hybridized carbons (Fsp3) is 0.333. The van der Waals surface area contributed by atoms with Gasteiger partial charge in [-0.3, -0.25) is 4.79 Å². The molecule has 0 amide bonds. The Labute approximate surface area is 164 Å². The van der Waals surface area contributed by atoms with E-state index >= 15 is 0 Å². The van der Waals surface area contributed by atoms with Crippen molar-refractivity contribution in [2.24, 2.45) is 0 Å². The van der Waals surface area contributed by atoms with Crippen LogP contribution in [0.25, 0.3) is 0 Å². The van der Waals surface area contributed by atoms with E-state index < -0.39 is 5.37 Å². The summed E-state index contributed by atoms with van der Waals surface area (Å²) in [4.78, 5) is 19.0. The van der Waals surface area contributed by atoms with Gasteiger partial charge in [-0.15, -0.1) is 0 Å². The molecule has 0 N–H and O–H groups in total. The summed E-state index contributed by atoms with van der Waals surface area (Å²) >= 11 is 18.7. The molecule has 25 heavy (non-hydrogen) atoms. The molecule has 2 heterocycles. The number of benzene rings is 1. The van der Waals surface area contributed by atoms with E-state index in [-0.39, 0.29) is 5.78 Å². The highest BCUT2D eigenvalue weighted by molar-refractivity contribution is 8.23. The molecule has 1 fully saturated rings. The Morgan fingerprint density at radius 2 is 2.04 bits per heavy atom. The van der Waals surface area contributed by atoms with Gasteiger partial charge in [0.25, 0.3) is 0 Å². The zero-order valence-corrected chi connectivity index (χ0v) is 16.1. The number of halogens is 2. The van der Waals surface area contributed by atoms with Crippen molar-refractivity contribution in [1.29, 1.82) is 0 Å². The monoisotopic (exact) mass is 416 g/mol. The average Bonchev–Trinajstić information content (AvgIpc) is 3.16. The maximum Gasteiger partial charge on any atom is 0.198 e. The van der Waals surface area contributed by atoms with Gasteiger partial charge in [0.1, 0.15) is 17.0 Å². The number of carbonyl (C=O) groups excluding carboxylic acids is 1. The van der Waals surface area contributed by atoms with Crippen LogP contribution in [0, 0.1) is 0 Å². The third-order valence-corrected chi connectivity index (χ3v) is 5.99. The second kappa shape index (κ2) is 8.46. The summed E-state index contributed by atoms with van der Waals surface area (Å²) in [5.74, 6) is -0.176. The number of rotatable bonds is 4. The van der Waals surface area contributed by atoms with Crippen molar-refractivity contribution in [3.63, 3.8) is 0 Å². The molecule has 6 nitrogen and oxygen atoms in total. The van der Waals surface area contributed by atoms with Gasteiger partial charge >= 0.3 is 0 Å². The summed E-state index contributed by atoms with van der Waals surface area (Å²) in [5.41, 5.74) is 0.437. The van der Waals surface area contributed by atoms with Crippen LogP contribution in [-0.4, -0.2) is 56.1 Å². The van der Waals surface area contributed by atoms with Crippen LogP contribution >= 0.6 is 47.2 Å². The van der Waals surface area contributed by atoms with Gasteiger partial charge in [-0.1, -0.05) is 47.2 Å². The molecule has 0 aliphatic carbocycles. The molecule has 1 aliphatic heterocycles. The molecule has 1 aromatic carbocycles. The zero-order chi connectivity index (χ0) is 17.8. The SMILES string of the molecule is O=C(c1ccc(Cl)c(Cl)c1)C(SC(=S)N1CCOCC1)n1cncn1. The average molecular weight is 417 g/mol. The first kappa shape index (κ1) is 18.6. The molecule has 1 atom stereocenters. The lowest BCUT2D eigenvalue weighted by molar-refractivity contribution is 0.0702. The minimum Gasteiger partial charge on any atom is -0.378 e. The van der Waals surface area contributed by atoms with Crippen LogP contribution in [0.1, 0.15) is 15.7 Å². The Morgan fingerprint density at radius 3 is 2.68 bits per heavy atom. The van der Waals surface area contributed by atoms with Crippen molar-refractivity contribution in [2.75, 3.05) is 26.3 Å². The smallest absolute Gasteiger partial charge is 0.198 e. The van der Waals surface area contributed by atoms with E-state index in [0.29, 0.717) is 46.2 Å². The van der Waals surface area contributed by atoms with Crippen molar-refractivity contribution in [1.82, 2.24) is 19.7 Å². The number of carbonyl (C=O) groups is 1. The molecule has 10 heteroatoms. The van der Waals surface area contributed by atoms with E-state index in [4.69, 9.17) is 40.2 Å². The molecule has 0 saturated carbocycles. The van der Waals surface area contributed by atoms with Crippen molar-refractivity contribution >= 4 is 57.3 Å². The van der Waals surface area contributed by atoms with E-state index in [1.807, 2.05) is 4.90 Å². The number of nitrogens with zero attached hydrogens (tertiary/aromatic N) is 4. The second-order valence-electron chi connectivity index (χ2n) is 5.20. The first-order valence-corrected chi connectivity index (χ1v) is 9.47. The summed E-state index contributed by atoms with van der Waals surface area (Å²) in [5, 5.41) is 4.15. The van der Waals surface area contributed by atoms with Gasteiger partial charge in [0.15, 0.2) is 11.2 Å². The quantitative estimate of drug-likeness (QED) is 0.559. The molecule has 1 aliphatic rings. The van der Waals surface area contributed by atoms with Gasteiger partial charge in [0, 0.05) is 18.7 Å². The molecule has 1 aromatic heterocycles. The normalized spacial score (nSPS) is 15.8. The third-order valence-electron chi connectivity index (χ3n) is 3.59. The fourth-order valence-corrected chi connectivity index (χ4v) is 4.01. The van der Waals surface area contributed by atoms with Gasteiger partial charge in [0.2, 0.25) is 0 Å². The van der Waals surface area contributed by atoms with E-state index in [9.17, 15) is 4.79 Å². The van der Waals surface area contributed by atoms with Crippen LogP contribution in [0.3, 0.4) is 0 Å². The zero-order valence-electron chi connectivity index (χ0n) is 13.0. The van der Waals surface area contributed by atoms with Crippen molar-refractivity contribution in [2.45, 2.75) is 5.37 Å². The summed E-state index contributed by atoms with van der Waals surface area (Å²) in [7, 11) is 0. The number of aromatic nitrogens is 3. The molecule has 0 bridgehead atoms. The van der Waals surface area contributed by atoms with Crippen molar-refractivity contribution < 1.29 is 9.53 Å². The Balaban J connectivity index is 1.83. The second-order valence-corrected chi connectivity index (χ2v) is 7.73. The number of hydrogen-bond donors (Lipinski definition) is 0. The van der Waals surface area contributed by atoms with Gasteiger partial charge in [0.05, 0.1) is 23.3 Å².